The molecule has 4 rings (SSSR count). The summed E-state index contributed by atoms with van der Waals surface area (Å²) in [5.41, 5.74) is 2.89. The molecule has 2 aliphatic rings. The number of aryl methyl sites for hydroxylation is 1. The van der Waals surface area contributed by atoms with E-state index in [9.17, 15) is 14.4 Å². The zero-order valence-corrected chi connectivity index (χ0v) is 19.7. The van der Waals surface area contributed by atoms with E-state index in [1.165, 1.54) is 12.8 Å². The molecule has 10 heteroatoms. The van der Waals surface area contributed by atoms with E-state index in [0.717, 1.165) is 29.8 Å². The standard InChI is InChI=1S/C12H15ClN2O.C12H14N2O4/c13-9-5-7-11(8-6-9)15-12(16)14-10-3-1-2-4-10;1-8-6-9(13-12(16)17)2-3-10(8)14-4-5-18-7-11(14)15/h5-8,10H,1-4H2,(H2,14,15,16);2-3,6,13H,4-5,7H2,1H3,(H,16,17). The summed E-state index contributed by atoms with van der Waals surface area (Å²) in [5, 5.41) is 17.3. The minimum Gasteiger partial charge on any atom is -0.465 e. The van der Waals surface area contributed by atoms with Gasteiger partial charge in [0.15, 0.2) is 0 Å². The van der Waals surface area contributed by atoms with E-state index in [4.69, 9.17) is 21.4 Å². The van der Waals surface area contributed by atoms with E-state index in [1.807, 2.05) is 6.92 Å². The number of rotatable bonds is 4. The van der Waals surface area contributed by atoms with Crippen molar-refractivity contribution in [1.29, 1.82) is 0 Å². The van der Waals surface area contributed by atoms with E-state index < -0.39 is 6.09 Å². The Labute approximate surface area is 203 Å². The lowest BCUT2D eigenvalue weighted by molar-refractivity contribution is -0.125. The first-order valence-corrected chi connectivity index (χ1v) is 11.5. The molecule has 0 radical (unpaired) electrons. The molecule has 4 amide bonds. The van der Waals surface area contributed by atoms with Crippen molar-refractivity contribution in [2.24, 2.45) is 0 Å². The number of benzene rings is 2. The molecule has 2 aromatic rings. The zero-order chi connectivity index (χ0) is 24.5. The second-order valence-electron chi connectivity index (χ2n) is 8.12. The number of nitrogens with one attached hydrogen (secondary N) is 3. The van der Waals surface area contributed by atoms with Crippen LogP contribution in [0.1, 0.15) is 31.2 Å². The first-order valence-electron chi connectivity index (χ1n) is 11.1. The van der Waals surface area contributed by atoms with Gasteiger partial charge in [0.05, 0.1) is 6.61 Å². The van der Waals surface area contributed by atoms with Crippen LogP contribution in [0.3, 0.4) is 0 Å². The van der Waals surface area contributed by atoms with Crippen LogP contribution in [0, 0.1) is 6.92 Å². The quantitative estimate of drug-likeness (QED) is 0.490. The Balaban J connectivity index is 0.000000192. The summed E-state index contributed by atoms with van der Waals surface area (Å²) < 4.78 is 5.07. The average molecular weight is 489 g/mol. The molecule has 2 aromatic carbocycles. The summed E-state index contributed by atoms with van der Waals surface area (Å²) in [4.78, 5) is 35.5. The fraction of sp³-hybridized carbons (Fsp3) is 0.375. The van der Waals surface area contributed by atoms with Gasteiger partial charge in [-0.3, -0.25) is 10.1 Å². The van der Waals surface area contributed by atoms with Crippen molar-refractivity contribution in [2.45, 2.75) is 38.6 Å². The van der Waals surface area contributed by atoms with Crippen LogP contribution in [0.2, 0.25) is 5.02 Å². The van der Waals surface area contributed by atoms with Gasteiger partial charge in [-0.15, -0.1) is 0 Å². The number of nitrogens with zero attached hydrogens (tertiary/aromatic N) is 1. The maximum Gasteiger partial charge on any atom is 0.409 e. The molecular formula is C24H29ClN4O5. The minimum absolute atomic E-state index is 0.0803. The number of hydrogen-bond acceptors (Lipinski definition) is 4. The van der Waals surface area contributed by atoms with Crippen LogP contribution in [0.5, 0.6) is 0 Å². The van der Waals surface area contributed by atoms with Crippen LogP contribution in [0.15, 0.2) is 42.5 Å². The number of morpholine rings is 1. The van der Waals surface area contributed by atoms with Crippen LogP contribution in [0.25, 0.3) is 0 Å². The number of hydrogen-bond donors (Lipinski definition) is 4. The van der Waals surface area contributed by atoms with E-state index in [2.05, 4.69) is 16.0 Å². The highest BCUT2D eigenvalue weighted by molar-refractivity contribution is 6.30. The lowest BCUT2D eigenvalue weighted by Crippen LogP contribution is -2.42. The third kappa shape index (κ3) is 7.64. The van der Waals surface area contributed by atoms with Gasteiger partial charge in [-0.1, -0.05) is 24.4 Å². The molecule has 4 N–H and O–H groups in total. The highest BCUT2D eigenvalue weighted by Crippen LogP contribution is 2.25. The average Bonchev–Trinajstić information content (AvgIpc) is 3.29. The Bertz CT molecular complexity index is 1010. The summed E-state index contributed by atoms with van der Waals surface area (Å²) in [6, 6.07) is 12.4. The van der Waals surface area contributed by atoms with Gasteiger partial charge in [0, 0.05) is 34.7 Å². The SMILES string of the molecule is Cc1cc(NC(=O)O)ccc1N1CCOCC1=O.O=C(Nc1ccc(Cl)cc1)NC1CCCC1. The maximum absolute atomic E-state index is 11.7. The summed E-state index contributed by atoms with van der Waals surface area (Å²) in [5.74, 6) is -0.0803. The molecule has 34 heavy (non-hydrogen) atoms. The van der Waals surface area contributed by atoms with Gasteiger partial charge >= 0.3 is 12.1 Å². The lowest BCUT2D eigenvalue weighted by Gasteiger charge is -2.28. The molecule has 0 atom stereocenters. The molecule has 0 bridgehead atoms. The molecule has 1 heterocycles. The number of carboxylic acid groups (broad SMARTS) is 1. The second-order valence-corrected chi connectivity index (χ2v) is 8.55. The Hall–Kier alpha value is -3.30. The first-order chi connectivity index (χ1) is 16.3. The minimum atomic E-state index is -1.11. The van der Waals surface area contributed by atoms with Crippen molar-refractivity contribution in [3.8, 4) is 0 Å². The number of ether oxygens (including phenoxy) is 1. The number of amides is 4. The Kier molecular flexibility index (Phi) is 9.12. The molecule has 1 saturated carbocycles. The fourth-order valence-electron chi connectivity index (χ4n) is 3.89. The van der Waals surface area contributed by atoms with Gasteiger partial charge in [0.25, 0.3) is 5.91 Å². The number of carbonyl (C=O) groups excluding carboxylic acids is 2. The lowest BCUT2D eigenvalue weighted by atomic mass is 10.1. The van der Waals surface area contributed by atoms with Crippen LogP contribution in [0.4, 0.5) is 26.7 Å². The predicted octanol–water partition coefficient (Wildman–Crippen LogP) is 4.85. The molecule has 9 nitrogen and oxygen atoms in total. The normalized spacial score (nSPS) is 15.8. The summed E-state index contributed by atoms with van der Waals surface area (Å²) >= 11 is 5.76. The predicted molar refractivity (Wildman–Crippen MR) is 132 cm³/mol. The molecular weight excluding hydrogens is 460 g/mol. The zero-order valence-electron chi connectivity index (χ0n) is 19.0. The molecule has 1 aliphatic heterocycles. The highest BCUT2D eigenvalue weighted by atomic mass is 35.5. The van der Waals surface area contributed by atoms with Gasteiger partial charge in [0.1, 0.15) is 6.61 Å². The Morgan fingerprint density at radius 1 is 1.06 bits per heavy atom. The topological polar surface area (TPSA) is 120 Å². The molecule has 0 unspecified atom stereocenters. The smallest absolute Gasteiger partial charge is 0.409 e. The second kappa shape index (κ2) is 12.2. The van der Waals surface area contributed by atoms with Crippen LogP contribution in [-0.4, -0.2) is 48.9 Å². The van der Waals surface area contributed by atoms with Crippen molar-refractivity contribution in [1.82, 2.24) is 5.32 Å². The van der Waals surface area contributed by atoms with E-state index in [-0.39, 0.29) is 18.5 Å². The number of anilines is 3. The number of urea groups is 1. The largest absolute Gasteiger partial charge is 0.465 e. The van der Waals surface area contributed by atoms with Crippen molar-refractivity contribution in [3.63, 3.8) is 0 Å². The van der Waals surface area contributed by atoms with Gasteiger partial charge < -0.3 is 25.4 Å². The molecule has 2 fully saturated rings. The Morgan fingerprint density at radius 2 is 1.74 bits per heavy atom. The monoisotopic (exact) mass is 488 g/mol. The van der Waals surface area contributed by atoms with Crippen molar-refractivity contribution in [2.75, 3.05) is 35.3 Å². The maximum atomic E-state index is 11.7. The van der Waals surface area contributed by atoms with Crippen LogP contribution < -0.4 is 20.9 Å². The van der Waals surface area contributed by atoms with E-state index in [1.54, 1.807) is 47.4 Å². The molecule has 0 spiro atoms. The Morgan fingerprint density at radius 3 is 2.35 bits per heavy atom. The fourth-order valence-corrected chi connectivity index (χ4v) is 4.01. The summed E-state index contributed by atoms with van der Waals surface area (Å²) in [6.45, 7) is 2.96. The van der Waals surface area contributed by atoms with Gasteiger partial charge in [-0.05, 0) is 67.8 Å². The third-order valence-electron chi connectivity index (χ3n) is 5.52. The molecule has 182 valence electrons. The van der Waals surface area contributed by atoms with E-state index >= 15 is 0 Å². The molecule has 1 saturated heterocycles. The highest BCUT2D eigenvalue weighted by Gasteiger charge is 2.21. The van der Waals surface area contributed by atoms with Crippen molar-refractivity contribution >= 4 is 46.7 Å². The van der Waals surface area contributed by atoms with Gasteiger partial charge in [-0.25, -0.2) is 9.59 Å². The van der Waals surface area contributed by atoms with Gasteiger partial charge in [-0.2, -0.15) is 0 Å². The summed E-state index contributed by atoms with van der Waals surface area (Å²) in [7, 11) is 0. The number of halogens is 1. The summed E-state index contributed by atoms with van der Waals surface area (Å²) in [6.07, 6.45) is 3.50. The van der Waals surface area contributed by atoms with E-state index in [0.29, 0.717) is 29.9 Å². The van der Waals surface area contributed by atoms with Gasteiger partial charge in [0.2, 0.25) is 0 Å². The first kappa shape index (κ1) is 25.3. The van der Waals surface area contributed by atoms with Crippen LogP contribution in [-0.2, 0) is 9.53 Å². The molecule has 1 aliphatic carbocycles. The molecule has 0 aromatic heterocycles. The van der Waals surface area contributed by atoms with Crippen molar-refractivity contribution in [3.05, 3.63) is 53.1 Å². The number of carbonyl (C=O) groups is 3. The van der Waals surface area contributed by atoms with Crippen molar-refractivity contribution < 1.29 is 24.2 Å². The third-order valence-corrected chi connectivity index (χ3v) is 5.77. The van der Waals surface area contributed by atoms with Crippen LogP contribution >= 0.6 is 11.6 Å².